The predicted octanol–water partition coefficient (Wildman–Crippen LogP) is 3.06. The monoisotopic (exact) mass is 482 g/mol. The molecule has 34 heavy (non-hydrogen) atoms. The lowest BCUT2D eigenvalue weighted by Crippen LogP contribution is -2.53. The van der Waals surface area contributed by atoms with Crippen molar-refractivity contribution in [2.75, 3.05) is 32.7 Å². The number of nitrogens with zero attached hydrogens (tertiary/aromatic N) is 4. The third-order valence-electron chi connectivity index (χ3n) is 5.31. The molecule has 1 aliphatic heterocycles. The van der Waals surface area contributed by atoms with Gasteiger partial charge in [-0.25, -0.2) is 4.79 Å². The summed E-state index contributed by atoms with van der Waals surface area (Å²) in [4.78, 5) is 32.3. The van der Waals surface area contributed by atoms with Gasteiger partial charge in [0.2, 0.25) is 17.6 Å². The molecular weight excluding hydrogens is 453 g/mol. The molecule has 2 aromatic rings. The van der Waals surface area contributed by atoms with Crippen molar-refractivity contribution in [1.29, 1.82) is 0 Å². The van der Waals surface area contributed by atoms with Crippen molar-refractivity contribution in [2.45, 2.75) is 45.5 Å². The molecule has 0 bridgehead atoms. The number of halogens is 3. The minimum absolute atomic E-state index is 0.0943. The Morgan fingerprint density at radius 2 is 1.82 bits per heavy atom. The number of carbonyl (C=O) groups excluding carboxylic acids is 2. The first-order valence-corrected chi connectivity index (χ1v) is 10.9. The van der Waals surface area contributed by atoms with Crippen LogP contribution in [0.1, 0.15) is 45.2 Å². The molecule has 0 spiro atoms. The van der Waals surface area contributed by atoms with E-state index in [0.29, 0.717) is 32.1 Å². The van der Waals surface area contributed by atoms with Crippen LogP contribution < -0.4 is 10.6 Å². The number of rotatable bonds is 5. The van der Waals surface area contributed by atoms with Gasteiger partial charge >= 0.3 is 12.2 Å². The Morgan fingerprint density at radius 3 is 2.44 bits per heavy atom. The van der Waals surface area contributed by atoms with Gasteiger partial charge in [-0.3, -0.25) is 19.9 Å². The Kier molecular flexibility index (Phi) is 7.61. The number of piperazine rings is 1. The van der Waals surface area contributed by atoms with Crippen LogP contribution in [0.25, 0.3) is 11.4 Å². The van der Waals surface area contributed by atoms with Crippen molar-refractivity contribution in [1.82, 2.24) is 30.6 Å². The van der Waals surface area contributed by atoms with E-state index in [0.717, 1.165) is 12.1 Å². The van der Waals surface area contributed by atoms with Gasteiger partial charge < -0.3 is 9.84 Å². The lowest BCUT2D eigenvalue weighted by molar-refractivity contribution is -0.137. The molecule has 2 N–H and O–H groups in total. The van der Waals surface area contributed by atoms with Gasteiger partial charge in [-0.05, 0) is 39.8 Å². The number of benzene rings is 1. The van der Waals surface area contributed by atoms with Crippen LogP contribution in [0, 0.1) is 0 Å². The average molecular weight is 483 g/mol. The van der Waals surface area contributed by atoms with Crippen LogP contribution in [0.3, 0.4) is 0 Å². The molecule has 1 aliphatic rings. The predicted molar refractivity (Wildman–Crippen MR) is 118 cm³/mol. The second kappa shape index (κ2) is 10.1. The van der Waals surface area contributed by atoms with Crippen LogP contribution in [0.2, 0.25) is 0 Å². The molecule has 1 fully saturated rings. The van der Waals surface area contributed by atoms with Crippen molar-refractivity contribution in [2.24, 2.45) is 0 Å². The largest absolute Gasteiger partial charge is 0.416 e. The minimum atomic E-state index is -4.46. The van der Waals surface area contributed by atoms with Gasteiger partial charge in [0.15, 0.2) is 0 Å². The molecule has 3 amide bonds. The highest BCUT2D eigenvalue weighted by Gasteiger charge is 2.31. The molecule has 1 aromatic carbocycles. The molecule has 1 saturated heterocycles. The summed E-state index contributed by atoms with van der Waals surface area (Å²) in [5, 5.41) is 8.85. The highest BCUT2D eigenvalue weighted by Crippen LogP contribution is 2.32. The molecule has 1 aromatic heterocycles. The molecule has 12 heteroatoms. The third kappa shape index (κ3) is 7.00. The zero-order valence-corrected chi connectivity index (χ0v) is 19.6. The Labute approximate surface area is 195 Å². The van der Waals surface area contributed by atoms with Crippen LogP contribution in [0.15, 0.2) is 28.8 Å². The average Bonchev–Trinajstić information content (AvgIpc) is 3.22. The van der Waals surface area contributed by atoms with Crippen LogP contribution in [-0.4, -0.2) is 70.1 Å². The normalized spacial score (nSPS) is 16.8. The number of aromatic nitrogens is 2. The SMILES string of the molecule is CC(c1nc(-c2cccc(C(F)(F)F)c2)no1)N1CCN(CC(=O)NC(=O)NC(C)(C)C)CC1. The molecule has 0 aliphatic carbocycles. The van der Waals surface area contributed by atoms with Gasteiger partial charge in [0.05, 0.1) is 18.2 Å². The van der Waals surface area contributed by atoms with E-state index >= 15 is 0 Å². The first-order chi connectivity index (χ1) is 15.8. The van der Waals surface area contributed by atoms with Crippen LogP contribution >= 0.6 is 0 Å². The molecular formula is C22H29F3N6O3. The summed E-state index contributed by atoms with van der Waals surface area (Å²) >= 11 is 0. The fraction of sp³-hybridized carbons (Fsp3) is 0.545. The Bertz CT molecular complexity index is 1010. The van der Waals surface area contributed by atoms with E-state index in [9.17, 15) is 22.8 Å². The van der Waals surface area contributed by atoms with E-state index in [1.165, 1.54) is 12.1 Å². The lowest BCUT2D eigenvalue weighted by Gasteiger charge is -2.36. The van der Waals surface area contributed by atoms with Gasteiger partial charge in [0.25, 0.3) is 0 Å². The maximum atomic E-state index is 13.0. The zero-order chi connectivity index (χ0) is 25.1. The lowest BCUT2D eigenvalue weighted by atomic mass is 10.1. The van der Waals surface area contributed by atoms with E-state index in [4.69, 9.17) is 4.52 Å². The molecule has 1 atom stereocenters. The summed E-state index contributed by atoms with van der Waals surface area (Å²) in [6, 6.07) is 4.01. The molecule has 3 rings (SSSR count). The molecule has 2 heterocycles. The van der Waals surface area contributed by atoms with Crippen LogP contribution in [-0.2, 0) is 11.0 Å². The third-order valence-corrected chi connectivity index (χ3v) is 5.31. The number of imide groups is 1. The van der Waals surface area contributed by atoms with Crippen molar-refractivity contribution >= 4 is 11.9 Å². The van der Waals surface area contributed by atoms with Gasteiger partial charge in [-0.1, -0.05) is 17.3 Å². The van der Waals surface area contributed by atoms with Crippen molar-refractivity contribution in [3.05, 3.63) is 35.7 Å². The van der Waals surface area contributed by atoms with E-state index in [1.807, 2.05) is 32.6 Å². The molecule has 9 nitrogen and oxygen atoms in total. The highest BCUT2D eigenvalue weighted by atomic mass is 19.4. The summed E-state index contributed by atoms with van der Waals surface area (Å²) in [5.74, 6) is 0.0140. The minimum Gasteiger partial charge on any atom is -0.337 e. The fourth-order valence-corrected chi connectivity index (χ4v) is 3.56. The maximum absolute atomic E-state index is 13.0. The van der Waals surface area contributed by atoms with Crippen LogP contribution in [0.5, 0.6) is 0 Å². The van der Waals surface area contributed by atoms with E-state index in [1.54, 1.807) is 0 Å². The number of nitrogens with one attached hydrogen (secondary N) is 2. The summed E-state index contributed by atoms with van der Waals surface area (Å²) in [6.45, 7) is 9.85. The summed E-state index contributed by atoms with van der Waals surface area (Å²) < 4.78 is 44.3. The van der Waals surface area contributed by atoms with Gasteiger partial charge in [0, 0.05) is 37.3 Å². The van der Waals surface area contributed by atoms with E-state index < -0.39 is 23.3 Å². The number of alkyl halides is 3. The van der Waals surface area contributed by atoms with Crippen LogP contribution in [0.4, 0.5) is 18.0 Å². The second-order valence-electron chi connectivity index (χ2n) is 9.28. The Morgan fingerprint density at radius 1 is 1.15 bits per heavy atom. The number of hydrogen-bond acceptors (Lipinski definition) is 7. The summed E-state index contributed by atoms with van der Waals surface area (Å²) in [7, 11) is 0. The van der Waals surface area contributed by atoms with E-state index in [2.05, 4.69) is 25.7 Å². The van der Waals surface area contributed by atoms with Crippen molar-refractivity contribution in [3.63, 3.8) is 0 Å². The highest BCUT2D eigenvalue weighted by molar-refractivity contribution is 5.95. The quantitative estimate of drug-likeness (QED) is 0.675. The molecule has 186 valence electrons. The second-order valence-corrected chi connectivity index (χ2v) is 9.28. The smallest absolute Gasteiger partial charge is 0.337 e. The van der Waals surface area contributed by atoms with Gasteiger partial charge in [-0.15, -0.1) is 0 Å². The number of urea groups is 1. The molecule has 0 radical (unpaired) electrons. The fourth-order valence-electron chi connectivity index (χ4n) is 3.56. The Balaban J connectivity index is 1.52. The number of amides is 3. The zero-order valence-electron chi connectivity index (χ0n) is 19.6. The van der Waals surface area contributed by atoms with E-state index in [-0.39, 0.29) is 29.9 Å². The maximum Gasteiger partial charge on any atom is 0.416 e. The standard InChI is InChI=1S/C22H29F3N6O3/c1-14(19-27-18(29-34-19)15-6-5-7-16(12-15)22(23,24)25)31-10-8-30(9-11-31)13-17(32)26-20(33)28-21(2,3)4/h5-7,12,14H,8-11,13H2,1-4H3,(H2,26,28,32,33). The molecule has 0 saturated carbocycles. The summed E-state index contributed by atoms with van der Waals surface area (Å²) in [5.41, 5.74) is -0.995. The number of carbonyl (C=O) groups is 2. The first kappa shape index (κ1) is 25.6. The van der Waals surface area contributed by atoms with Gasteiger partial charge in [0.1, 0.15) is 0 Å². The number of hydrogen-bond donors (Lipinski definition) is 2. The molecule has 1 unspecified atom stereocenters. The topological polar surface area (TPSA) is 104 Å². The first-order valence-electron chi connectivity index (χ1n) is 10.9. The summed E-state index contributed by atoms with van der Waals surface area (Å²) in [6.07, 6.45) is -4.46. The van der Waals surface area contributed by atoms with Crippen molar-refractivity contribution in [3.8, 4) is 11.4 Å². The Hall–Kier alpha value is -2.99. The van der Waals surface area contributed by atoms with Crippen molar-refractivity contribution < 1.29 is 27.3 Å². The van der Waals surface area contributed by atoms with Gasteiger partial charge in [-0.2, -0.15) is 18.2 Å².